The van der Waals surface area contributed by atoms with Crippen LogP contribution < -0.4 is 0 Å². The molecule has 4 rings (SSSR count). The van der Waals surface area contributed by atoms with Gasteiger partial charge in [0, 0.05) is 36.1 Å². The van der Waals surface area contributed by atoms with Crippen LogP contribution in [0, 0.1) is 26.7 Å². The summed E-state index contributed by atoms with van der Waals surface area (Å²) in [5.74, 6) is 0.349. The van der Waals surface area contributed by atoms with Crippen molar-refractivity contribution >= 4 is 17.7 Å². The summed E-state index contributed by atoms with van der Waals surface area (Å²) in [4.78, 5) is 39.2. The minimum Gasteiger partial charge on any atom is -0.459 e. The Morgan fingerprint density at radius 3 is 2.53 bits per heavy atom. The lowest BCUT2D eigenvalue weighted by Gasteiger charge is -2.30. The van der Waals surface area contributed by atoms with E-state index in [-0.39, 0.29) is 30.0 Å². The highest BCUT2D eigenvalue weighted by Crippen LogP contribution is 2.23. The average molecular weight is 439 g/mol. The van der Waals surface area contributed by atoms with Crippen LogP contribution in [0.15, 0.2) is 39.5 Å². The quantitative estimate of drug-likeness (QED) is 0.428. The predicted octanol–water partition coefficient (Wildman–Crippen LogP) is 3.26. The van der Waals surface area contributed by atoms with E-state index in [1.165, 1.54) is 6.26 Å². The van der Waals surface area contributed by atoms with Crippen molar-refractivity contribution in [1.82, 2.24) is 14.6 Å². The lowest BCUT2D eigenvalue weighted by molar-refractivity contribution is -0.148. The lowest BCUT2D eigenvalue weighted by atomic mass is 9.97. The molecule has 0 spiro atoms. The summed E-state index contributed by atoms with van der Waals surface area (Å²) in [6, 6.07) is 6.83. The number of esters is 1. The molecular formula is C23H25N3O6. The van der Waals surface area contributed by atoms with Crippen LogP contribution in [0.25, 0.3) is 5.82 Å². The van der Waals surface area contributed by atoms with Crippen LogP contribution in [0.3, 0.4) is 0 Å². The summed E-state index contributed by atoms with van der Waals surface area (Å²) < 4.78 is 17.4. The molecule has 0 unspecified atom stereocenters. The van der Waals surface area contributed by atoms with Crippen molar-refractivity contribution in [1.29, 1.82) is 0 Å². The third-order valence-corrected chi connectivity index (χ3v) is 5.77. The topological polar surface area (TPSA) is 108 Å². The van der Waals surface area contributed by atoms with Gasteiger partial charge in [0.15, 0.2) is 18.2 Å². The lowest BCUT2D eigenvalue weighted by Crippen LogP contribution is -2.40. The zero-order valence-electron chi connectivity index (χ0n) is 18.3. The highest BCUT2D eigenvalue weighted by atomic mass is 16.5. The SMILES string of the molecule is Cc1cc(-n2c(C)cc(C(=O)COC(=O)C3CCN(C(=O)c4ccco4)CC3)c2C)no1. The van der Waals surface area contributed by atoms with Gasteiger partial charge in [0.05, 0.1) is 12.2 Å². The molecule has 1 aliphatic rings. The summed E-state index contributed by atoms with van der Waals surface area (Å²) in [6.07, 6.45) is 2.43. The standard InChI is InChI=1S/C23H25N3O6/c1-14-11-18(16(3)26(14)21-12-15(2)32-24-21)19(27)13-31-23(29)17-6-8-25(9-7-17)22(28)20-5-4-10-30-20/h4-5,10-12,17H,6-9,13H2,1-3H3. The first-order valence-electron chi connectivity index (χ1n) is 10.5. The Balaban J connectivity index is 1.32. The Labute approximate surface area is 184 Å². The number of hydrogen-bond acceptors (Lipinski definition) is 7. The van der Waals surface area contributed by atoms with E-state index in [4.69, 9.17) is 13.7 Å². The fourth-order valence-corrected chi connectivity index (χ4v) is 4.06. The molecule has 4 heterocycles. The Morgan fingerprint density at radius 1 is 1.16 bits per heavy atom. The van der Waals surface area contributed by atoms with Crippen LogP contribution >= 0.6 is 0 Å². The van der Waals surface area contributed by atoms with Crippen LogP contribution in [-0.4, -0.2) is 52.0 Å². The minimum atomic E-state index is -0.413. The average Bonchev–Trinajstić information content (AvgIpc) is 3.52. The molecule has 1 fully saturated rings. The molecule has 0 bridgehead atoms. The molecule has 32 heavy (non-hydrogen) atoms. The molecule has 0 N–H and O–H groups in total. The van der Waals surface area contributed by atoms with Gasteiger partial charge in [0.25, 0.3) is 5.91 Å². The number of aromatic nitrogens is 2. The molecule has 1 saturated heterocycles. The largest absolute Gasteiger partial charge is 0.459 e. The highest BCUT2D eigenvalue weighted by Gasteiger charge is 2.30. The number of ketones is 1. The van der Waals surface area contributed by atoms with Gasteiger partial charge < -0.3 is 18.6 Å². The van der Waals surface area contributed by atoms with Crippen molar-refractivity contribution < 1.29 is 28.1 Å². The molecule has 3 aromatic rings. The van der Waals surface area contributed by atoms with Gasteiger partial charge in [-0.2, -0.15) is 0 Å². The monoisotopic (exact) mass is 439 g/mol. The van der Waals surface area contributed by atoms with Crippen LogP contribution in [0.4, 0.5) is 0 Å². The van der Waals surface area contributed by atoms with E-state index < -0.39 is 5.97 Å². The number of furan rings is 1. The molecule has 0 radical (unpaired) electrons. The van der Waals surface area contributed by atoms with Crippen molar-refractivity contribution in [3.63, 3.8) is 0 Å². The number of aryl methyl sites for hydroxylation is 2. The van der Waals surface area contributed by atoms with E-state index in [1.54, 1.807) is 36.1 Å². The zero-order chi connectivity index (χ0) is 22.8. The Morgan fingerprint density at radius 2 is 1.91 bits per heavy atom. The van der Waals surface area contributed by atoms with E-state index >= 15 is 0 Å². The van der Waals surface area contributed by atoms with Gasteiger partial charge in [0.1, 0.15) is 5.76 Å². The van der Waals surface area contributed by atoms with Crippen LogP contribution in [-0.2, 0) is 9.53 Å². The Kier molecular flexibility index (Phi) is 5.98. The minimum absolute atomic E-state index is 0.186. The molecule has 9 nitrogen and oxygen atoms in total. The summed E-state index contributed by atoms with van der Waals surface area (Å²) in [7, 11) is 0. The van der Waals surface area contributed by atoms with Crippen molar-refractivity contribution in [2.45, 2.75) is 33.6 Å². The zero-order valence-corrected chi connectivity index (χ0v) is 18.3. The summed E-state index contributed by atoms with van der Waals surface area (Å²) >= 11 is 0. The van der Waals surface area contributed by atoms with Crippen molar-refractivity contribution in [3.05, 3.63) is 59.0 Å². The van der Waals surface area contributed by atoms with E-state index in [0.717, 1.165) is 5.69 Å². The van der Waals surface area contributed by atoms with E-state index in [0.29, 0.717) is 48.8 Å². The number of carbonyl (C=O) groups excluding carboxylic acids is 3. The second-order valence-electron chi connectivity index (χ2n) is 7.99. The number of carbonyl (C=O) groups is 3. The second kappa shape index (κ2) is 8.86. The van der Waals surface area contributed by atoms with Crippen molar-refractivity contribution in [3.8, 4) is 5.82 Å². The number of rotatable bonds is 6. The molecular weight excluding hydrogens is 414 g/mol. The fraction of sp³-hybridized carbons (Fsp3) is 0.391. The summed E-state index contributed by atoms with van der Waals surface area (Å²) in [5.41, 5.74) is 2.02. The van der Waals surface area contributed by atoms with Gasteiger partial charge >= 0.3 is 5.97 Å². The molecule has 0 aliphatic carbocycles. The van der Waals surface area contributed by atoms with Gasteiger partial charge in [-0.15, -0.1) is 0 Å². The first-order valence-corrected chi connectivity index (χ1v) is 10.5. The number of nitrogens with zero attached hydrogens (tertiary/aromatic N) is 3. The molecule has 1 amide bonds. The normalized spacial score (nSPS) is 14.5. The fourth-order valence-electron chi connectivity index (χ4n) is 4.06. The van der Waals surface area contributed by atoms with Crippen LogP contribution in [0.2, 0.25) is 0 Å². The molecule has 1 aliphatic heterocycles. The molecule has 168 valence electrons. The maximum absolute atomic E-state index is 12.7. The maximum Gasteiger partial charge on any atom is 0.309 e. The molecule has 9 heteroatoms. The van der Waals surface area contributed by atoms with E-state index in [9.17, 15) is 14.4 Å². The Hall–Kier alpha value is -3.62. The van der Waals surface area contributed by atoms with Gasteiger partial charge in [0.2, 0.25) is 5.78 Å². The summed E-state index contributed by atoms with van der Waals surface area (Å²) in [5, 5.41) is 4.01. The van der Waals surface area contributed by atoms with E-state index in [1.807, 2.05) is 18.4 Å². The van der Waals surface area contributed by atoms with Gasteiger partial charge in [-0.1, -0.05) is 5.16 Å². The molecule has 0 atom stereocenters. The molecule has 0 saturated carbocycles. The number of ether oxygens (including phenoxy) is 1. The highest BCUT2D eigenvalue weighted by molar-refractivity contribution is 5.99. The smallest absolute Gasteiger partial charge is 0.309 e. The number of amides is 1. The van der Waals surface area contributed by atoms with E-state index in [2.05, 4.69) is 5.16 Å². The van der Waals surface area contributed by atoms with Gasteiger partial charge in [-0.05, 0) is 51.8 Å². The summed E-state index contributed by atoms with van der Waals surface area (Å²) in [6.45, 7) is 6.03. The van der Waals surface area contributed by atoms with Crippen LogP contribution in [0.5, 0.6) is 0 Å². The molecule has 3 aromatic heterocycles. The van der Waals surface area contributed by atoms with Crippen molar-refractivity contribution in [2.75, 3.05) is 19.7 Å². The molecule has 0 aromatic carbocycles. The van der Waals surface area contributed by atoms with Gasteiger partial charge in [-0.25, -0.2) is 0 Å². The Bertz CT molecular complexity index is 1130. The third kappa shape index (κ3) is 4.23. The number of likely N-dealkylation sites (tertiary alicyclic amines) is 1. The number of hydrogen-bond donors (Lipinski definition) is 0. The number of piperidine rings is 1. The van der Waals surface area contributed by atoms with Crippen molar-refractivity contribution in [2.24, 2.45) is 5.92 Å². The second-order valence-corrected chi connectivity index (χ2v) is 7.99. The first-order chi connectivity index (χ1) is 15.3. The van der Waals surface area contributed by atoms with Crippen LogP contribution in [0.1, 0.15) is 50.9 Å². The number of Topliss-reactive ketones (excluding diaryl/α,β-unsaturated/α-hetero) is 1. The third-order valence-electron chi connectivity index (χ3n) is 5.77. The van der Waals surface area contributed by atoms with Gasteiger partial charge in [-0.3, -0.25) is 19.0 Å². The predicted molar refractivity (Wildman–Crippen MR) is 113 cm³/mol. The maximum atomic E-state index is 12.7. The first kappa shape index (κ1) is 21.6.